The minimum Gasteiger partial charge on any atom is -0.496 e. The molecule has 4 heteroatoms. The second-order valence-corrected chi connectivity index (χ2v) is 3.85. The number of nitrogens with one attached hydrogen (secondary N) is 1. The Hall–Kier alpha value is -2.62. The average Bonchev–Trinajstić information content (AvgIpc) is 2.47. The third-order valence-electron chi connectivity index (χ3n) is 2.59. The van der Waals surface area contributed by atoms with E-state index in [1.807, 2.05) is 6.07 Å². The van der Waals surface area contributed by atoms with Gasteiger partial charge in [-0.15, -0.1) is 0 Å². The van der Waals surface area contributed by atoms with Crippen LogP contribution in [0.3, 0.4) is 0 Å². The highest BCUT2D eigenvalue weighted by Gasteiger charge is 2.19. The molecule has 0 aliphatic carbocycles. The molecule has 0 heterocycles. The smallest absolute Gasteiger partial charge is 0.296 e. The Labute approximate surface area is 111 Å². The second-order valence-electron chi connectivity index (χ2n) is 3.85. The normalized spacial score (nSPS) is 9.74. The van der Waals surface area contributed by atoms with Crippen molar-refractivity contribution < 1.29 is 14.3 Å². The molecule has 0 aliphatic rings. The van der Waals surface area contributed by atoms with Crippen LogP contribution in [0.1, 0.15) is 10.4 Å². The van der Waals surface area contributed by atoms with Crippen molar-refractivity contribution >= 4 is 17.4 Å². The molecule has 0 atom stereocenters. The summed E-state index contributed by atoms with van der Waals surface area (Å²) >= 11 is 0. The van der Waals surface area contributed by atoms with Crippen molar-refractivity contribution in [3.8, 4) is 5.75 Å². The number of amides is 1. The molecule has 0 saturated carbocycles. The van der Waals surface area contributed by atoms with Gasteiger partial charge in [0.15, 0.2) is 0 Å². The highest BCUT2D eigenvalue weighted by Crippen LogP contribution is 2.18. The molecule has 1 amide bonds. The summed E-state index contributed by atoms with van der Waals surface area (Å²) in [6, 6.07) is 15.5. The summed E-state index contributed by atoms with van der Waals surface area (Å²) < 4.78 is 5.07. The predicted octanol–water partition coefficient (Wildman–Crippen LogP) is 2.52. The molecular weight excluding hydrogens is 242 g/mol. The lowest BCUT2D eigenvalue weighted by atomic mass is 10.1. The van der Waals surface area contributed by atoms with Gasteiger partial charge in [-0.1, -0.05) is 30.3 Å². The number of benzene rings is 2. The van der Waals surface area contributed by atoms with Crippen LogP contribution in [-0.2, 0) is 4.79 Å². The number of rotatable bonds is 4. The van der Waals surface area contributed by atoms with E-state index in [9.17, 15) is 9.59 Å². The van der Waals surface area contributed by atoms with Crippen LogP contribution in [-0.4, -0.2) is 18.8 Å². The van der Waals surface area contributed by atoms with Gasteiger partial charge >= 0.3 is 0 Å². The zero-order valence-corrected chi connectivity index (χ0v) is 10.4. The largest absolute Gasteiger partial charge is 0.496 e. The quantitative estimate of drug-likeness (QED) is 0.674. The van der Waals surface area contributed by atoms with Crippen LogP contribution < -0.4 is 10.1 Å². The summed E-state index contributed by atoms with van der Waals surface area (Å²) in [5, 5.41) is 2.55. The summed E-state index contributed by atoms with van der Waals surface area (Å²) in [5.41, 5.74) is 0.828. The number of ether oxygens (including phenoxy) is 1. The van der Waals surface area contributed by atoms with Crippen molar-refractivity contribution in [2.45, 2.75) is 0 Å². The molecule has 0 radical (unpaired) electrons. The van der Waals surface area contributed by atoms with Crippen molar-refractivity contribution in [3.63, 3.8) is 0 Å². The highest BCUT2D eigenvalue weighted by atomic mass is 16.5. The summed E-state index contributed by atoms with van der Waals surface area (Å²) in [7, 11) is 1.46. The van der Waals surface area contributed by atoms with Crippen LogP contribution in [0, 0.1) is 0 Å². The maximum absolute atomic E-state index is 12.0. The van der Waals surface area contributed by atoms with E-state index in [2.05, 4.69) is 5.32 Å². The fourth-order valence-electron chi connectivity index (χ4n) is 1.66. The van der Waals surface area contributed by atoms with Crippen LogP contribution in [0.4, 0.5) is 5.69 Å². The van der Waals surface area contributed by atoms with Gasteiger partial charge in [-0.2, -0.15) is 0 Å². The molecule has 19 heavy (non-hydrogen) atoms. The molecule has 2 rings (SSSR count). The van der Waals surface area contributed by atoms with Crippen LogP contribution >= 0.6 is 0 Å². The van der Waals surface area contributed by atoms with Crippen molar-refractivity contribution in [1.29, 1.82) is 0 Å². The van der Waals surface area contributed by atoms with Gasteiger partial charge in [-0.25, -0.2) is 0 Å². The maximum Gasteiger partial charge on any atom is 0.296 e. The van der Waals surface area contributed by atoms with E-state index in [-0.39, 0.29) is 5.56 Å². The van der Waals surface area contributed by atoms with E-state index in [1.54, 1.807) is 48.5 Å². The molecule has 0 bridgehead atoms. The molecule has 2 aromatic carbocycles. The molecule has 0 fully saturated rings. The molecule has 1 N–H and O–H groups in total. The molecule has 0 saturated heterocycles. The molecule has 2 aromatic rings. The Bertz CT molecular complexity index is 593. The lowest BCUT2D eigenvalue weighted by Crippen LogP contribution is -2.23. The van der Waals surface area contributed by atoms with Gasteiger partial charge in [0, 0.05) is 5.69 Å². The van der Waals surface area contributed by atoms with Gasteiger partial charge in [0.25, 0.3) is 11.7 Å². The highest BCUT2D eigenvalue weighted by molar-refractivity contribution is 6.47. The number of hydrogen-bond acceptors (Lipinski definition) is 3. The molecule has 0 unspecified atom stereocenters. The fourth-order valence-corrected chi connectivity index (χ4v) is 1.66. The minimum atomic E-state index is -0.685. The first kappa shape index (κ1) is 12.8. The Balaban J connectivity index is 2.18. The molecular formula is C15H13NO3. The van der Waals surface area contributed by atoms with Crippen LogP contribution in [0.2, 0.25) is 0 Å². The molecule has 0 aliphatic heterocycles. The summed E-state index contributed by atoms with van der Waals surface area (Å²) in [6.07, 6.45) is 0. The van der Waals surface area contributed by atoms with Crippen molar-refractivity contribution in [1.82, 2.24) is 0 Å². The van der Waals surface area contributed by atoms with Gasteiger partial charge < -0.3 is 10.1 Å². The maximum atomic E-state index is 12.0. The number of ketones is 1. The summed E-state index contributed by atoms with van der Waals surface area (Å²) in [5.74, 6) is -0.923. The van der Waals surface area contributed by atoms with Crippen molar-refractivity contribution in [2.24, 2.45) is 0 Å². The minimum absolute atomic E-state index is 0.249. The van der Waals surface area contributed by atoms with Crippen molar-refractivity contribution in [2.75, 3.05) is 12.4 Å². The molecule has 96 valence electrons. The SMILES string of the molecule is COc1ccccc1C(=O)C(=O)Nc1ccccc1. The Morgan fingerprint density at radius 2 is 1.58 bits per heavy atom. The van der Waals surface area contributed by atoms with E-state index in [4.69, 9.17) is 4.74 Å². The second kappa shape index (κ2) is 5.82. The van der Waals surface area contributed by atoms with E-state index in [0.717, 1.165) is 0 Å². The zero-order valence-electron chi connectivity index (χ0n) is 10.4. The van der Waals surface area contributed by atoms with Crippen LogP contribution in [0.15, 0.2) is 54.6 Å². The third-order valence-corrected chi connectivity index (χ3v) is 2.59. The summed E-state index contributed by atoms with van der Waals surface area (Å²) in [6.45, 7) is 0. The third kappa shape index (κ3) is 2.98. The van der Waals surface area contributed by atoms with Crippen LogP contribution in [0.5, 0.6) is 5.75 Å². The van der Waals surface area contributed by atoms with Crippen molar-refractivity contribution in [3.05, 3.63) is 60.2 Å². The van der Waals surface area contributed by atoms with E-state index < -0.39 is 11.7 Å². The fraction of sp³-hybridized carbons (Fsp3) is 0.0667. The number of methoxy groups -OCH3 is 1. The van der Waals surface area contributed by atoms with Gasteiger partial charge in [-0.05, 0) is 24.3 Å². The first-order chi connectivity index (χ1) is 9.22. The first-order valence-electron chi connectivity index (χ1n) is 5.76. The van der Waals surface area contributed by atoms with Gasteiger partial charge in [0.05, 0.1) is 12.7 Å². The Morgan fingerprint density at radius 1 is 0.947 bits per heavy atom. The number of hydrogen-bond donors (Lipinski definition) is 1. The number of carbonyl (C=O) groups excluding carboxylic acids is 2. The zero-order chi connectivity index (χ0) is 13.7. The predicted molar refractivity (Wildman–Crippen MR) is 72.4 cm³/mol. The summed E-state index contributed by atoms with van der Waals surface area (Å²) in [4.78, 5) is 23.9. The van der Waals surface area contributed by atoms with Gasteiger partial charge in [0.2, 0.25) is 0 Å². The number of Topliss-reactive ketones (excluding diaryl/α,β-unsaturated/α-hetero) is 1. The topological polar surface area (TPSA) is 55.4 Å². The number of para-hydroxylation sites is 2. The van der Waals surface area contributed by atoms with E-state index >= 15 is 0 Å². The van der Waals surface area contributed by atoms with Gasteiger partial charge in [0.1, 0.15) is 5.75 Å². The van der Waals surface area contributed by atoms with Crippen LogP contribution in [0.25, 0.3) is 0 Å². The van der Waals surface area contributed by atoms with Gasteiger partial charge in [-0.3, -0.25) is 9.59 Å². The Morgan fingerprint density at radius 3 is 2.26 bits per heavy atom. The molecule has 4 nitrogen and oxygen atoms in total. The number of carbonyl (C=O) groups is 2. The van der Waals surface area contributed by atoms with E-state index in [1.165, 1.54) is 7.11 Å². The number of anilines is 1. The van der Waals surface area contributed by atoms with E-state index in [0.29, 0.717) is 11.4 Å². The standard InChI is InChI=1S/C15H13NO3/c1-19-13-10-6-5-9-12(13)14(17)15(18)16-11-7-3-2-4-8-11/h2-10H,1H3,(H,16,18). The molecule has 0 spiro atoms. The lowest BCUT2D eigenvalue weighted by molar-refractivity contribution is -0.112. The first-order valence-corrected chi connectivity index (χ1v) is 5.76. The monoisotopic (exact) mass is 255 g/mol. The lowest BCUT2D eigenvalue weighted by Gasteiger charge is -2.07. The average molecular weight is 255 g/mol. The Kier molecular flexibility index (Phi) is 3.93. The molecule has 0 aromatic heterocycles.